The average Bonchev–Trinajstić information content (AvgIpc) is 3.05. The summed E-state index contributed by atoms with van der Waals surface area (Å²) in [6.45, 7) is 0. The number of allylic oxidation sites excluding steroid dienone is 2. The van der Waals surface area contributed by atoms with Crippen LogP contribution in [0, 0.1) is 29.1 Å². The molecule has 106 valence electrons. The van der Waals surface area contributed by atoms with Crippen molar-refractivity contribution < 1.29 is 9.59 Å². The fourth-order valence-electron chi connectivity index (χ4n) is 4.82. The van der Waals surface area contributed by atoms with Crippen molar-refractivity contribution in [3.63, 3.8) is 0 Å². The van der Waals surface area contributed by atoms with E-state index in [1.54, 1.807) is 12.1 Å². The molecule has 3 fully saturated rings. The molecule has 1 spiro atoms. The lowest BCUT2D eigenvalue weighted by atomic mass is 9.85. The second-order valence-corrected chi connectivity index (χ2v) is 7.00. The highest BCUT2D eigenvalue weighted by atomic mass is 35.5. The van der Waals surface area contributed by atoms with E-state index in [9.17, 15) is 9.59 Å². The van der Waals surface area contributed by atoms with Crippen LogP contribution in [0.5, 0.6) is 0 Å². The number of imide groups is 1. The lowest BCUT2D eigenvalue weighted by Crippen LogP contribution is -2.35. The number of amides is 2. The maximum atomic E-state index is 12.8. The Morgan fingerprint density at radius 1 is 1.14 bits per heavy atom. The summed E-state index contributed by atoms with van der Waals surface area (Å²) in [6.07, 6.45) is 8.16. The first kappa shape index (κ1) is 11.9. The van der Waals surface area contributed by atoms with E-state index in [2.05, 4.69) is 17.1 Å². The van der Waals surface area contributed by atoms with Crippen molar-refractivity contribution in [2.75, 3.05) is 4.90 Å². The number of halogens is 1. The first-order chi connectivity index (χ1) is 10.1. The number of pyridine rings is 1. The second-order valence-electron chi connectivity index (χ2n) is 6.57. The van der Waals surface area contributed by atoms with Gasteiger partial charge in [0.25, 0.3) is 0 Å². The van der Waals surface area contributed by atoms with Crippen LogP contribution in [0.3, 0.4) is 0 Å². The van der Waals surface area contributed by atoms with Crippen molar-refractivity contribution in [3.8, 4) is 0 Å². The van der Waals surface area contributed by atoms with E-state index < -0.39 is 0 Å². The molecule has 1 aliphatic heterocycles. The third kappa shape index (κ3) is 1.26. The van der Waals surface area contributed by atoms with Crippen LogP contribution in [-0.4, -0.2) is 16.8 Å². The van der Waals surface area contributed by atoms with Gasteiger partial charge in [0.2, 0.25) is 11.8 Å². The van der Waals surface area contributed by atoms with Crippen LogP contribution in [0.2, 0.25) is 5.02 Å². The highest BCUT2D eigenvalue weighted by molar-refractivity contribution is 6.31. The van der Waals surface area contributed by atoms with Gasteiger partial charge in [-0.05, 0) is 36.2 Å². The predicted molar refractivity (Wildman–Crippen MR) is 76.5 cm³/mol. The van der Waals surface area contributed by atoms with Crippen LogP contribution in [-0.2, 0) is 9.59 Å². The number of rotatable bonds is 1. The minimum Gasteiger partial charge on any atom is -0.274 e. The summed E-state index contributed by atoms with van der Waals surface area (Å²) in [6, 6.07) is 3.22. The highest BCUT2D eigenvalue weighted by Gasteiger charge is 2.73. The van der Waals surface area contributed by atoms with E-state index >= 15 is 0 Å². The Hall–Kier alpha value is -1.68. The molecule has 2 heterocycles. The van der Waals surface area contributed by atoms with E-state index in [-0.39, 0.29) is 40.9 Å². The van der Waals surface area contributed by atoms with Crippen molar-refractivity contribution >= 4 is 29.2 Å². The molecule has 1 saturated heterocycles. The largest absolute Gasteiger partial charge is 0.274 e. The van der Waals surface area contributed by atoms with Gasteiger partial charge in [0.05, 0.1) is 11.8 Å². The Balaban J connectivity index is 1.59. The fourth-order valence-corrected chi connectivity index (χ4v) is 4.97. The van der Waals surface area contributed by atoms with Crippen LogP contribution in [0.1, 0.15) is 12.8 Å². The molecule has 2 amide bonds. The van der Waals surface area contributed by atoms with Crippen molar-refractivity contribution in [3.05, 3.63) is 35.5 Å². The summed E-state index contributed by atoms with van der Waals surface area (Å²) in [5.74, 6) is 0.287. The van der Waals surface area contributed by atoms with E-state index in [1.807, 2.05) is 0 Å². The Morgan fingerprint density at radius 2 is 1.76 bits per heavy atom. The van der Waals surface area contributed by atoms with Crippen LogP contribution in [0.4, 0.5) is 5.82 Å². The van der Waals surface area contributed by atoms with Crippen molar-refractivity contribution in [2.45, 2.75) is 12.8 Å². The van der Waals surface area contributed by atoms with Gasteiger partial charge < -0.3 is 0 Å². The summed E-state index contributed by atoms with van der Waals surface area (Å²) in [7, 11) is 0. The van der Waals surface area contributed by atoms with E-state index in [1.165, 1.54) is 11.1 Å². The standard InChI is InChI=1S/C16H13ClN2O2/c17-8-3-6-18-11(7-8)19-14(20)12-9-1-2-10(13(12)15(19)21)16(9)4-5-16/h1-3,6-7,9-10,12-13H,4-5H2/t9-,10-,12-,13-/m0/s1. The first-order valence-corrected chi connectivity index (χ1v) is 7.69. The van der Waals surface area contributed by atoms with Crippen LogP contribution >= 0.6 is 11.6 Å². The molecule has 2 bridgehead atoms. The molecule has 0 N–H and O–H groups in total. The molecule has 5 heteroatoms. The number of carbonyl (C=O) groups excluding carboxylic acids is 2. The van der Waals surface area contributed by atoms with Gasteiger partial charge in [-0.15, -0.1) is 0 Å². The molecular weight excluding hydrogens is 288 g/mol. The lowest BCUT2D eigenvalue weighted by molar-refractivity contribution is -0.123. The van der Waals surface area contributed by atoms with Crippen molar-refractivity contribution in [2.24, 2.45) is 29.1 Å². The van der Waals surface area contributed by atoms with Gasteiger partial charge in [-0.25, -0.2) is 9.88 Å². The molecule has 3 aliphatic carbocycles. The maximum Gasteiger partial charge on any atom is 0.239 e. The number of carbonyl (C=O) groups is 2. The summed E-state index contributed by atoms with van der Waals surface area (Å²) >= 11 is 5.96. The predicted octanol–water partition coefficient (Wildman–Crippen LogP) is 2.44. The van der Waals surface area contributed by atoms with E-state index in [0.29, 0.717) is 10.8 Å². The molecule has 4 aliphatic rings. The maximum absolute atomic E-state index is 12.8. The number of hydrogen-bond donors (Lipinski definition) is 0. The molecule has 1 aromatic rings. The third-order valence-electron chi connectivity index (χ3n) is 5.79. The Morgan fingerprint density at radius 3 is 2.29 bits per heavy atom. The highest BCUT2D eigenvalue weighted by Crippen LogP contribution is 2.73. The molecule has 0 unspecified atom stereocenters. The third-order valence-corrected chi connectivity index (χ3v) is 6.02. The van der Waals surface area contributed by atoms with Gasteiger partial charge in [0, 0.05) is 17.3 Å². The summed E-state index contributed by atoms with van der Waals surface area (Å²) in [5.41, 5.74) is 0.231. The molecule has 1 aromatic heterocycles. The quantitative estimate of drug-likeness (QED) is 0.591. The van der Waals surface area contributed by atoms with Gasteiger partial charge in [-0.3, -0.25) is 9.59 Å². The number of aromatic nitrogens is 1. The molecule has 4 nitrogen and oxygen atoms in total. The average molecular weight is 301 g/mol. The molecule has 0 aromatic carbocycles. The minimum absolute atomic E-state index is 0.0945. The summed E-state index contributed by atoms with van der Waals surface area (Å²) in [5, 5.41) is 0.484. The monoisotopic (exact) mass is 300 g/mol. The van der Waals surface area contributed by atoms with Crippen LogP contribution in [0.25, 0.3) is 0 Å². The zero-order valence-electron chi connectivity index (χ0n) is 11.2. The van der Waals surface area contributed by atoms with Crippen LogP contribution < -0.4 is 4.90 Å². The Bertz CT molecular complexity index is 691. The van der Waals surface area contributed by atoms with E-state index in [0.717, 1.165) is 12.8 Å². The smallest absolute Gasteiger partial charge is 0.239 e. The molecule has 5 rings (SSSR count). The number of hydrogen-bond acceptors (Lipinski definition) is 3. The van der Waals surface area contributed by atoms with Gasteiger partial charge in [0.15, 0.2) is 0 Å². The molecular formula is C16H13ClN2O2. The summed E-state index contributed by atoms with van der Waals surface area (Å²) in [4.78, 5) is 31.0. The normalized spacial score (nSPS) is 37.7. The van der Waals surface area contributed by atoms with Gasteiger partial charge in [-0.1, -0.05) is 23.8 Å². The van der Waals surface area contributed by atoms with Crippen LogP contribution in [0.15, 0.2) is 30.5 Å². The van der Waals surface area contributed by atoms with Gasteiger partial charge in [0.1, 0.15) is 5.82 Å². The second kappa shape index (κ2) is 3.55. The lowest BCUT2D eigenvalue weighted by Gasteiger charge is -2.21. The number of anilines is 1. The van der Waals surface area contributed by atoms with Crippen molar-refractivity contribution in [1.29, 1.82) is 0 Å². The minimum atomic E-state index is -0.184. The SMILES string of the molecule is O=C1[C@@H]2[C@@H](C(=O)N1c1cc(Cl)ccn1)[C@@H]1C=C[C@@H]2C12CC2. The topological polar surface area (TPSA) is 50.3 Å². The zero-order valence-corrected chi connectivity index (χ0v) is 12.0. The van der Waals surface area contributed by atoms with E-state index in [4.69, 9.17) is 11.6 Å². The Kier molecular flexibility index (Phi) is 2.02. The molecule has 2 saturated carbocycles. The van der Waals surface area contributed by atoms with Gasteiger partial charge in [-0.2, -0.15) is 0 Å². The molecule has 0 radical (unpaired) electrons. The fraction of sp³-hybridized carbons (Fsp3) is 0.438. The Labute approximate surface area is 126 Å². The molecule has 21 heavy (non-hydrogen) atoms. The molecule has 4 atom stereocenters. The summed E-state index contributed by atoms with van der Waals surface area (Å²) < 4.78 is 0. The number of fused-ring (bicyclic) bond motifs is 3. The first-order valence-electron chi connectivity index (χ1n) is 7.31. The van der Waals surface area contributed by atoms with Crippen molar-refractivity contribution in [1.82, 2.24) is 4.98 Å². The number of nitrogens with zero attached hydrogens (tertiary/aromatic N) is 2. The zero-order chi connectivity index (χ0) is 14.4. The van der Waals surface area contributed by atoms with Gasteiger partial charge >= 0.3 is 0 Å².